The summed E-state index contributed by atoms with van der Waals surface area (Å²) >= 11 is 0. The van der Waals surface area contributed by atoms with E-state index >= 15 is 0 Å². The van der Waals surface area contributed by atoms with Crippen molar-refractivity contribution in [2.45, 2.75) is 18.8 Å². The van der Waals surface area contributed by atoms with Crippen LogP contribution in [0.15, 0.2) is 109 Å². The monoisotopic (exact) mass is 363 g/mol. The first-order chi connectivity index (χ1) is 13.7. The van der Waals surface area contributed by atoms with Crippen molar-refractivity contribution in [2.75, 3.05) is 5.73 Å². The maximum absolute atomic E-state index is 6.63. The van der Waals surface area contributed by atoms with E-state index in [4.69, 9.17) is 5.73 Å². The SMILES string of the molecule is C=CC/C=C\C1=C(C)C(c2ccccc2)(c2ccccc2)c2c(N)cccc21. The smallest absolute Gasteiger partial charge is 0.0694 e. The predicted molar refractivity (Wildman–Crippen MR) is 120 cm³/mol. The van der Waals surface area contributed by atoms with Gasteiger partial charge in [-0.3, -0.25) is 0 Å². The molecule has 0 aromatic heterocycles. The highest BCUT2D eigenvalue weighted by Gasteiger charge is 2.46. The molecule has 0 amide bonds. The zero-order valence-corrected chi connectivity index (χ0v) is 16.2. The third-order valence-electron chi connectivity index (χ3n) is 5.73. The van der Waals surface area contributed by atoms with Gasteiger partial charge in [-0.05, 0) is 47.2 Å². The van der Waals surface area contributed by atoms with Crippen LogP contribution in [0, 0.1) is 0 Å². The Hall–Kier alpha value is -3.32. The Labute approximate surface area is 167 Å². The molecule has 1 aliphatic rings. The number of anilines is 1. The van der Waals surface area contributed by atoms with Gasteiger partial charge >= 0.3 is 0 Å². The first-order valence-electron chi connectivity index (χ1n) is 9.70. The lowest BCUT2D eigenvalue weighted by molar-refractivity contribution is 0.746. The maximum atomic E-state index is 6.63. The van der Waals surface area contributed by atoms with Gasteiger partial charge < -0.3 is 5.73 Å². The number of nitrogen functional groups attached to an aromatic ring is 1. The fourth-order valence-electron chi connectivity index (χ4n) is 4.57. The van der Waals surface area contributed by atoms with Crippen molar-refractivity contribution in [3.8, 4) is 0 Å². The quantitative estimate of drug-likeness (QED) is 0.405. The first kappa shape index (κ1) is 18.1. The van der Waals surface area contributed by atoms with E-state index in [9.17, 15) is 0 Å². The molecule has 138 valence electrons. The van der Waals surface area contributed by atoms with Crippen LogP contribution in [0.5, 0.6) is 0 Å². The minimum absolute atomic E-state index is 0.392. The van der Waals surface area contributed by atoms with Crippen molar-refractivity contribution in [1.82, 2.24) is 0 Å². The van der Waals surface area contributed by atoms with Crippen molar-refractivity contribution < 1.29 is 0 Å². The van der Waals surface area contributed by atoms with Gasteiger partial charge in [-0.1, -0.05) is 91.0 Å². The average Bonchev–Trinajstić information content (AvgIpc) is 3.00. The molecule has 0 radical (unpaired) electrons. The molecule has 1 nitrogen and oxygen atoms in total. The van der Waals surface area contributed by atoms with Crippen LogP contribution in [0.1, 0.15) is 35.6 Å². The van der Waals surface area contributed by atoms with Gasteiger partial charge in [0.2, 0.25) is 0 Å². The molecule has 0 aliphatic heterocycles. The molecule has 0 saturated heterocycles. The van der Waals surface area contributed by atoms with Crippen molar-refractivity contribution in [2.24, 2.45) is 0 Å². The van der Waals surface area contributed by atoms with E-state index < -0.39 is 5.41 Å². The molecule has 2 N–H and O–H groups in total. The van der Waals surface area contributed by atoms with Gasteiger partial charge in [-0.2, -0.15) is 0 Å². The van der Waals surface area contributed by atoms with Crippen molar-refractivity contribution in [3.05, 3.63) is 131 Å². The van der Waals surface area contributed by atoms with Crippen LogP contribution in [0.2, 0.25) is 0 Å². The van der Waals surface area contributed by atoms with E-state index in [-0.39, 0.29) is 0 Å². The first-order valence-corrected chi connectivity index (χ1v) is 9.70. The zero-order chi connectivity index (χ0) is 19.6. The summed E-state index contributed by atoms with van der Waals surface area (Å²) in [5, 5.41) is 0. The Morgan fingerprint density at radius 2 is 1.46 bits per heavy atom. The number of hydrogen-bond acceptors (Lipinski definition) is 1. The number of benzene rings is 3. The molecular formula is C27H25N. The molecule has 0 spiro atoms. The van der Waals surface area contributed by atoms with Crippen LogP contribution in [0.3, 0.4) is 0 Å². The summed E-state index contributed by atoms with van der Waals surface area (Å²) in [6.07, 6.45) is 7.16. The van der Waals surface area contributed by atoms with E-state index in [1.165, 1.54) is 33.4 Å². The second kappa shape index (κ2) is 7.36. The summed E-state index contributed by atoms with van der Waals surface area (Å²) in [5.41, 5.74) is 14.5. The second-order valence-corrected chi connectivity index (χ2v) is 7.22. The molecule has 28 heavy (non-hydrogen) atoms. The van der Waals surface area contributed by atoms with E-state index in [0.29, 0.717) is 0 Å². The van der Waals surface area contributed by atoms with E-state index in [2.05, 4.69) is 98.5 Å². The summed E-state index contributed by atoms with van der Waals surface area (Å²) in [6, 6.07) is 27.7. The molecule has 3 aromatic carbocycles. The highest BCUT2D eigenvalue weighted by Crippen LogP contribution is 2.56. The molecule has 0 unspecified atom stereocenters. The van der Waals surface area contributed by atoms with Crippen molar-refractivity contribution in [1.29, 1.82) is 0 Å². The van der Waals surface area contributed by atoms with E-state index in [1.807, 2.05) is 12.1 Å². The predicted octanol–water partition coefficient (Wildman–Crippen LogP) is 6.52. The lowest BCUT2D eigenvalue weighted by Gasteiger charge is -2.35. The second-order valence-electron chi connectivity index (χ2n) is 7.22. The van der Waals surface area contributed by atoms with Gasteiger partial charge in [0.15, 0.2) is 0 Å². The normalized spacial score (nSPS) is 15.0. The number of hydrogen-bond donors (Lipinski definition) is 1. The summed E-state index contributed by atoms with van der Waals surface area (Å²) in [7, 11) is 0. The molecule has 0 heterocycles. The van der Waals surface area contributed by atoms with Crippen molar-refractivity contribution in [3.63, 3.8) is 0 Å². The zero-order valence-electron chi connectivity index (χ0n) is 16.2. The van der Waals surface area contributed by atoms with Crippen molar-refractivity contribution >= 4 is 11.3 Å². The Morgan fingerprint density at radius 3 is 2.04 bits per heavy atom. The molecule has 4 rings (SSSR count). The lowest BCUT2D eigenvalue weighted by atomic mass is 9.67. The summed E-state index contributed by atoms with van der Waals surface area (Å²) < 4.78 is 0. The molecule has 0 bridgehead atoms. The number of nitrogens with two attached hydrogens (primary N) is 1. The number of fused-ring (bicyclic) bond motifs is 1. The Bertz CT molecular complexity index is 1020. The Morgan fingerprint density at radius 1 is 0.857 bits per heavy atom. The molecule has 3 aromatic rings. The summed E-state index contributed by atoms with van der Waals surface area (Å²) in [4.78, 5) is 0. The fourth-order valence-corrected chi connectivity index (χ4v) is 4.57. The van der Waals surface area contributed by atoms with Crippen LogP contribution < -0.4 is 5.73 Å². The number of rotatable bonds is 5. The van der Waals surface area contributed by atoms with Crippen LogP contribution in [0.4, 0.5) is 5.69 Å². The van der Waals surface area contributed by atoms with Crippen LogP contribution in [-0.2, 0) is 5.41 Å². The Balaban J connectivity index is 2.12. The van der Waals surface area contributed by atoms with Crippen LogP contribution in [0.25, 0.3) is 5.57 Å². The van der Waals surface area contributed by atoms with Gasteiger partial charge in [0.25, 0.3) is 0 Å². The lowest BCUT2D eigenvalue weighted by Crippen LogP contribution is -2.29. The van der Waals surface area contributed by atoms with Gasteiger partial charge in [0, 0.05) is 11.3 Å². The molecule has 1 heteroatoms. The van der Waals surface area contributed by atoms with Crippen LogP contribution >= 0.6 is 0 Å². The molecular weight excluding hydrogens is 338 g/mol. The fraction of sp³-hybridized carbons (Fsp3) is 0.111. The van der Waals surface area contributed by atoms with Gasteiger partial charge in [-0.15, -0.1) is 6.58 Å². The largest absolute Gasteiger partial charge is 0.398 e. The van der Waals surface area contributed by atoms with E-state index in [1.54, 1.807) is 0 Å². The van der Waals surface area contributed by atoms with Gasteiger partial charge in [0.05, 0.1) is 5.41 Å². The highest BCUT2D eigenvalue weighted by atomic mass is 14.6. The highest BCUT2D eigenvalue weighted by molar-refractivity contribution is 5.92. The average molecular weight is 364 g/mol. The minimum Gasteiger partial charge on any atom is -0.398 e. The molecule has 0 atom stereocenters. The number of allylic oxidation sites excluding steroid dienone is 5. The molecule has 1 aliphatic carbocycles. The molecule has 0 fully saturated rings. The summed E-state index contributed by atoms with van der Waals surface area (Å²) in [6.45, 7) is 6.08. The van der Waals surface area contributed by atoms with Gasteiger partial charge in [0.1, 0.15) is 0 Å². The van der Waals surface area contributed by atoms with Gasteiger partial charge in [-0.25, -0.2) is 0 Å². The molecule has 0 saturated carbocycles. The summed E-state index contributed by atoms with van der Waals surface area (Å²) in [5.74, 6) is 0. The topological polar surface area (TPSA) is 26.0 Å². The third-order valence-corrected chi connectivity index (χ3v) is 5.73. The standard InChI is InChI=1S/C27H25N/c1-3-4-7-17-23-20(2)27(21-13-8-5-9-14-21,22-15-10-6-11-16-22)26-24(23)18-12-19-25(26)28/h3,5-19H,1,4,28H2,2H3/b17-7-. The Kier molecular flexibility index (Phi) is 4.75. The maximum Gasteiger partial charge on any atom is 0.0694 e. The van der Waals surface area contributed by atoms with E-state index in [0.717, 1.165) is 12.1 Å². The minimum atomic E-state index is -0.392. The van der Waals surface area contributed by atoms with Crippen LogP contribution in [-0.4, -0.2) is 0 Å². The third kappa shape index (κ3) is 2.63.